The number of rotatable bonds is 0. The predicted octanol–water partition coefficient (Wildman–Crippen LogP) is 1.87. The van der Waals surface area contributed by atoms with Crippen molar-refractivity contribution in [2.75, 3.05) is 5.32 Å². The molecule has 0 amide bonds. The number of anilines is 1. The number of hydrogen-bond acceptors (Lipinski definition) is 3. The van der Waals surface area contributed by atoms with E-state index in [4.69, 9.17) is 5.11 Å². The standard InChI is InChI=1S/C9H8NO2/c11-8-5-9(12)10-7-4-2-1-3-6(7)8/h1-5,10-12H. The maximum absolute atomic E-state index is 9.37. The first-order chi connectivity index (χ1) is 5.77. The summed E-state index contributed by atoms with van der Waals surface area (Å²) in [6.07, 6.45) is 1.24. The molecule has 0 bridgehead atoms. The van der Waals surface area contributed by atoms with E-state index in [0.717, 1.165) is 5.69 Å². The molecule has 61 valence electrons. The largest absolute Gasteiger partial charge is 0.507 e. The van der Waals surface area contributed by atoms with Crippen molar-refractivity contribution in [1.82, 2.24) is 0 Å². The van der Waals surface area contributed by atoms with Crippen LogP contribution in [0.4, 0.5) is 5.69 Å². The molecule has 0 unspecified atom stereocenters. The number of aliphatic hydroxyl groups excluding tert-OH is 2. The van der Waals surface area contributed by atoms with Crippen molar-refractivity contribution in [1.29, 1.82) is 0 Å². The summed E-state index contributed by atoms with van der Waals surface area (Å²) < 4.78 is 0. The van der Waals surface area contributed by atoms with Gasteiger partial charge >= 0.3 is 0 Å². The third-order valence-electron chi connectivity index (χ3n) is 1.74. The first-order valence-electron chi connectivity index (χ1n) is 3.60. The molecule has 0 fully saturated rings. The second kappa shape index (κ2) is 2.53. The molecule has 0 spiro atoms. The fraction of sp³-hybridized carbons (Fsp3) is 0. The van der Waals surface area contributed by atoms with Gasteiger partial charge in [0.1, 0.15) is 5.76 Å². The van der Waals surface area contributed by atoms with E-state index in [9.17, 15) is 5.11 Å². The fourth-order valence-corrected chi connectivity index (χ4v) is 1.20. The van der Waals surface area contributed by atoms with Crippen LogP contribution in [0.5, 0.6) is 0 Å². The summed E-state index contributed by atoms with van der Waals surface area (Å²) in [5.74, 6) is 0.0850. The van der Waals surface area contributed by atoms with Crippen LogP contribution in [0.3, 0.4) is 0 Å². The third kappa shape index (κ3) is 1.04. The minimum absolute atomic E-state index is 0.0359. The van der Waals surface area contributed by atoms with Crippen molar-refractivity contribution in [3.05, 3.63) is 42.1 Å². The molecule has 0 atom stereocenters. The Morgan fingerprint density at radius 2 is 1.83 bits per heavy atom. The summed E-state index contributed by atoms with van der Waals surface area (Å²) in [7, 11) is 0. The van der Waals surface area contributed by atoms with Gasteiger partial charge < -0.3 is 15.5 Å². The van der Waals surface area contributed by atoms with Crippen LogP contribution in [-0.2, 0) is 0 Å². The Morgan fingerprint density at radius 1 is 1.08 bits per heavy atom. The van der Waals surface area contributed by atoms with E-state index in [2.05, 4.69) is 5.32 Å². The molecule has 1 radical (unpaired) electrons. The van der Waals surface area contributed by atoms with E-state index in [1.165, 1.54) is 6.08 Å². The van der Waals surface area contributed by atoms with Gasteiger partial charge in [-0.2, -0.15) is 0 Å². The molecule has 1 aliphatic heterocycles. The molecule has 12 heavy (non-hydrogen) atoms. The van der Waals surface area contributed by atoms with Crippen molar-refractivity contribution < 1.29 is 10.2 Å². The highest BCUT2D eigenvalue weighted by Crippen LogP contribution is 2.28. The summed E-state index contributed by atoms with van der Waals surface area (Å²) in [5, 5.41) is 21.2. The molecule has 1 aromatic carbocycles. The van der Waals surface area contributed by atoms with Gasteiger partial charge in [-0.15, -0.1) is 0 Å². The van der Waals surface area contributed by atoms with Crippen LogP contribution in [-0.4, -0.2) is 10.2 Å². The topological polar surface area (TPSA) is 52.5 Å². The number of aliphatic hydroxyl groups is 2. The Bertz CT molecular complexity index is 333. The Labute approximate surface area is 70.0 Å². The highest BCUT2D eigenvalue weighted by Gasteiger charge is 2.15. The Hall–Kier alpha value is -1.48. The minimum atomic E-state index is -0.0359. The number of para-hydroxylation sites is 1. The number of hydrogen-bond donors (Lipinski definition) is 3. The van der Waals surface area contributed by atoms with Crippen LogP contribution in [0.25, 0.3) is 5.76 Å². The van der Waals surface area contributed by atoms with E-state index in [1.54, 1.807) is 12.1 Å². The van der Waals surface area contributed by atoms with Crippen molar-refractivity contribution >= 4 is 11.4 Å². The molecule has 0 aromatic heterocycles. The van der Waals surface area contributed by atoms with E-state index in [-0.39, 0.29) is 12.0 Å². The van der Waals surface area contributed by atoms with Crippen LogP contribution in [0.2, 0.25) is 0 Å². The lowest BCUT2D eigenvalue weighted by Crippen LogP contribution is -2.12. The lowest BCUT2D eigenvalue weighted by atomic mass is 10.1. The lowest BCUT2D eigenvalue weighted by Gasteiger charge is -2.18. The van der Waals surface area contributed by atoms with Crippen LogP contribution in [0, 0.1) is 6.23 Å². The van der Waals surface area contributed by atoms with Gasteiger partial charge in [0, 0.05) is 17.3 Å². The molecule has 3 N–H and O–H groups in total. The molecule has 1 aromatic rings. The summed E-state index contributed by atoms with van der Waals surface area (Å²) in [5.41, 5.74) is 1.42. The smallest absolute Gasteiger partial charge is 0.212 e. The quantitative estimate of drug-likeness (QED) is 0.545. The highest BCUT2D eigenvalue weighted by molar-refractivity contribution is 5.77. The molecular formula is C9H8NO2. The van der Waals surface area contributed by atoms with Crippen molar-refractivity contribution in [2.24, 2.45) is 0 Å². The lowest BCUT2D eigenvalue weighted by molar-refractivity contribution is 0.349. The average molecular weight is 162 g/mol. The molecule has 0 saturated heterocycles. The summed E-state index contributed by atoms with van der Waals surface area (Å²) in [6.45, 7) is 0. The first-order valence-corrected chi connectivity index (χ1v) is 3.60. The molecule has 2 rings (SSSR count). The molecule has 0 aliphatic carbocycles. The average Bonchev–Trinajstić information content (AvgIpc) is 2.04. The second-order valence-corrected chi connectivity index (χ2v) is 2.59. The van der Waals surface area contributed by atoms with E-state index in [1.807, 2.05) is 12.1 Å². The first kappa shape index (κ1) is 7.18. The molecule has 0 saturated carbocycles. The van der Waals surface area contributed by atoms with Gasteiger partial charge in [-0.3, -0.25) is 0 Å². The van der Waals surface area contributed by atoms with Crippen LogP contribution >= 0.6 is 0 Å². The molecule has 3 nitrogen and oxygen atoms in total. The minimum Gasteiger partial charge on any atom is -0.507 e. The third-order valence-corrected chi connectivity index (χ3v) is 1.74. The van der Waals surface area contributed by atoms with E-state index >= 15 is 0 Å². The Kier molecular flexibility index (Phi) is 1.52. The van der Waals surface area contributed by atoms with E-state index in [0.29, 0.717) is 5.56 Å². The summed E-state index contributed by atoms with van der Waals surface area (Å²) >= 11 is 0. The Balaban J connectivity index is 2.53. The van der Waals surface area contributed by atoms with Crippen molar-refractivity contribution in [2.45, 2.75) is 0 Å². The molecule has 1 heterocycles. The van der Waals surface area contributed by atoms with Gasteiger partial charge in [0.2, 0.25) is 6.23 Å². The number of fused-ring (bicyclic) bond motifs is 1. The van der Waals surface area contributed by atoms with Crippen LogP contribution in [0.15, 0.2) is 30.3 Å². The Morgan fingerprint density at radius 3 is 2.67 bits per heavy atom. The van der Waals surface area contributed by atoms with Gasteiger partial charge in [0.25, 0.3) is 0 Å². The number of benzene rings is 1. The van der Waals surface area contributed by atoms with E-state index < -0.39 is 0 Å². The van der Waals surface area contributed by atoms with Gasteiger partial charge in [0.05, 0.1) is 0 Å². The fourth-order valence-electron chi connectivity index (χ4n) is 1.20. The SMILES string of the molecule is O[C]1C=C(O)c2ccccc2N1. The molecule has 3 heteroatoms. The van der Waals surface area contributed by atoms with Crippen molar-refractivity contribution in [3.8, 4) is 0 Å². The zero-order valence-electron chi connectivity index (χ0n) is 6.28. The van der Waals surface area contributed by atoms with Crippen LogP contribution in [0.1, 0.15) is 5.56 Å². The van der Waals surface area contributed by atoms with Gasteiger partial charge in [-0.1, -0.05) is 12.1 Å². The van der Waals surface area contributed by atoms with Gasteiger partial charge in [-0.25, -0.2) is 0 Å². The predicted molar refractivity (Wildman–Crippen MR) is 45.8 cm³/mol. The van der Waals surface area contributed by atoms with Gasteiger partial charge in [-0.05, 0) is 12.1 Å². The second-order valence-electron chi connectivity index (χ2n) is 2.59. The highest BCUT2D eigenvalue weighted by atomic mass is 16.3. The summed E-state index contributed by atoms with van der Waals surface area (Å²) in [4.78, 5) is 0. The van der Waals surface area contributed by atoms with Crippen LogP contribution < -0.4 is 5.32 Å². The number of nitrogens with one attached hydrogen (secondary N) is 1. The van der Waals surface area contributed by atoms with Crippen molar-refractivity contribution in [3.63, 3.8) is 0 Å². The monoisotopic (exact) mass is 162 g/mol. The normalized spacial score (nSPS) is 16.2. The maximum Gasteiger partial charge on any atom is 0.212 e. The zero-order chi connectivity index (χ0) is 8.55. The van der Waals surface area contributed by atoms with Gasteiger partial charge in [0.15, 0.2) is 0 Å². The zero-order valence-corrected chi connectivity index (χ0v) is 6.28. The molecule has 1 aliphatic rings. The molecular weight excluding hydrogens is 154 g/mol. The summed E-state index contributed by atoms with van der Waals surface area (Å²) in [6, 6.07) is 7.22. The maximum atomic E-state index is 9.37.